The first-order valence-electron chi connectivity index (χ1n) is 9.13. The lowest BCUT2D eigenvalue weighted by molar-refractivity contribution is -0.117. The summed E-state index contributed by atoms with van der Waals surface area (Å²) in [4.78, 5) is 52.5. The maximum absolute atomic E-state index is 13.1. The summed E-state index contributed by atoms with van der Waals surface area (Å²) < 4.78 is 0. The number of carboxylic acid groups (broad SMARTS) is 1. The highest BCUT2D eigenvalue weighted by atomic mass is 35.5. The minimum absolute atomic E-state index is 0.0219. The molecule has 7 nitrogen and oxygen atoms in total. The third kappa shape index (κ3) is 3.60. The van der Waals surface area contributed by atoms with Gasteiger partial charge in [-0.3, -0.25) is 14.4 Å². The molecule has 0 aliphatic carbocycles. The van der Waals surface area contributed by atoms with Gasteiger partial charge in [-0.2, -0.15) is 0 Å². The molecule has 0 unspecified atom stereocenters. The van der Waals surface area contributed by atoms with Gasteiger partial charge >= 0.3 is 5.97 Å². The number of rotatable bonds is 4. The van der Waals surface area contributed by atoms with Crippen LogP contribution < -0.4 is 9.80 Å². The number of halogens is 1. The fourth-order valence-corrected chi connectivity index (χ4v) is 4.51. The summed E-state index contributed by atoms with van der Waals surface area (Å²) >= 11 is 7.18. The number of carbonyl (C=O) groups is 4. The number of hydrogen-bond acceptors (Lipinski definition) is 5. The van der Waals surface area contributed by atoms with E-state index in [0.29, 0.717) is 11.3 Å². The van der Waals surface area contributed by atoms with Crippen LogP contribution >= 0.6 is 22.9 Å². The molecular formula is C22H15ClN2O5S. The molecule has 1 aliphatic rings. The molecule has 4 rings (SSSR count). The lowest BCUT2D eigenvalue weighted by Crippen LogP contribution is -2.43. The fourth-order valence-electron chi connectivity index (χ4n) is 3.41. The van der Waals surface area contributed by atoms with Crippen LogP contribution in [0.5, 0.6) is 0 Å². The first kappa shape index (κ1) is 20.8. The van der Waals surface area contributed by atoms with Crippen molar-refractivity contribution in [2.24, 2.45) is 0 Å². The van der Waals surface area contributed by atoms with Crippen LogP contribution in [0.25, 0.3) is 0 Å². The number of carbonyl (C=O) groups excluding carboxylic acids is 3. The first-order valence-corrected chi connectivity index (χ1v) is 10.4. The molecule has 0 atom stereocenters. The van der Waals surface area contributed by atoms with Gasteiger partial charge in [0.25, 0.3) is 11.8 Å². The van der Waals surface area contributed by atoms with Gasteiger partial charge in [0.05, 0.1) is 22.7 Å². The van der Waals surface area contributed by atoms with Crippen molar-refractivity contribution in [3.63, 3.8) is 0 Å². The maximum Gasteiger partial charge on any atom is 0.346 e. The Morgan fingerprint density at radius 3 is 2.52 bits per heavy atom. The van der Waals surface area contributed by atoms with Gasteiger partial charge in [-0.25, -0.2) is 9.69 Å². The molecule has 0 bridgehead atoms. The lowest BCUT2D eigenvalue weighted by Gasteiger charge is -2.27. The number of para-hydroxylation sites is 1. The van der Waals surface area contributed by atoms with Crippen LogP contribution in [0, 0.1) is 0 Å². The first-order chi connectivity index (χ1) is 14.8. The van der Waals surface area contributed by atoms with Crippen molar-refractivity contribution in [1.29, 1.82) is 0 Å². The fraction of sp³-hybridized carbons (Fsp3) is 0.0909. The summed E-state index contributed by atoms with van der Waals surface area (Å²) in [6, 6.07) is 13.3. The van der Waals surface area contributed by atoms with E-state index in [0.717, 1.165) is 16.2 Å². The Hall–Kier alpha value is -3.49. The van der Waals surface area contributed by atoms with E-state index >= 15 is 0 Å². The quantitative estimate of drug-likeness (QED) is 0.599. The Bertz CT molecular complexity index is 1240. The monoisotopic (exact) mass is 454 g/mol. The Morgan fingerprint density at radius 2 is 1.84 bits per heavy atom. The van der Waals surface area contributed by atoms with Crippen LogP contribution in [-0.4, -0.2) is 35.8 Å². The highest BCUT2D eigenvalue weighted by Crippen LogP contribution is 2.35. The van der Waals surface area contributed by atoms with E-state index in [1.54, 1.807) is 31.3 Å². The van der Waals surface area contributed by atoms with Crippen LogP contribution in [0.15, 0.2) is 53.9 Å². The number of anilines is 2. The summed E-state index contributed by atoms with van der Waals surface area (Å²) in [5.74, 6) is -2.92. The van der Waals surface area contributed by atoms with Gasteiger partial charge in [0.1, 0.15) is 4.88 Å². The molecule has 0 saturated heterocycles. The highest BCUT2D eigenvalue weighted by molar-refractivity contribution is 7.12. The van der Waals surface area contributed by atoms with E-state index in [-0.39, 0.29) is 39.0 Å². The average Bonchev–Trinajstić information content (AvgIpc) is 3.19. The molecule has 0 saturated carbocycles. The molecule has 0 spiro atoms. The van der Waals surface area contributed by atoms with Crippen molar-refractivity contribution in [3.05, 3.63) is 80.5 Å². The van der Waals surface area contributed by atoms with Gasteiger partial charge in [0.15, 0.2) is 0 Å². The van der Waals surface area contributed by atoms with Crippen LogP contribution in [0.1, 0.15) is 36.0 Å². The molecule has 1 aliphatic heterocycles. The van der Waals surface area contributed by atoms with Crippen LogP contribution in [-0.2, 0) is 11.2 Å². The predicted octanol–water partition coefficient (Wildman–Crippen LogP) is 4.11. The van der Waals surface area contributed by atoms with Crippen molar-refractivity contribution >= 4 is 58.0 Å². The standard InChI is InChI=1S/C22H15ClN2O5S/c1-24(14-5-3-2-4-6-14)20(27)12-7-8-15(23)16(9-12)25-17(26)10-13-11-31-19(22(29)30)18(13)21(25)28/h2-9,11H,10H2,1H3,(H,29,30). The summed E-state index contributed by atoms with van der Waals surface area (Å²) in [5, 5.41) is 11.0. The average molecular weight is 455 g/mol. The Labute approximate surface area is 186 Å². The number of aromatic carboxylic acids is 1. The molecule has 3 amide bonds. The van der Waals surface area contributed by atoms with Gasteiger partial charge < -0.3 is 10.0 Å². The van der Waals surface area contributed by atoms with Crippen molar-refractivity contribution < 1.29 is 24.3 Å². The molecule has 2 heterocycles. The summed E-state index contributed by atoms with van der Waals surface area (Å²) in [6.45, 7) is 0. The van der Waals surface area contributed by atoms with Gasteiger partial charge in [-0.15, -0.1) is 11.3 Å². The smallest absolute Gasteiger partial charge is 0.346 e. The van der Waals surface area contributed by atoms with Gasteiger partial charge in [-0.05, 0) is 41.3 Å². The van der Waals surface area contributed by atoms with E-state index in [1.165, 1.54) is 28.5 Å². The molecule has 2 aromatic carbocycles. The molecule has 1 N–H and O–H groups in total. The summed E-state index contributed by atoms with van der Waals surface area (Å²) in [6.07, 6.45) is -0.136. The summed E-state index contributed by atoms with van der Waals surface area (Å²) in [7, 11) is 1.61. The largest absolute Gasteiger partial charge is 0.477 e. The predicted molar refractivity (Wildman–Crippen MR) is 117 cm³/mol. The van der Waals surface area contributed by atoms with Crippen molar-refractivity contribution in [2.45, 2.75) is 6.42 Å². The molecule has 0 fully saturated rings. The van der Waals surface area contributed by atoms with Crippen molar-refractivity contribution in [1.82, 2.24) is 0 Å². The number of imide groups is 1. The maximum atomic E-state index is 13.1. The molecule has 156 valence electrons. The number of carboxylic acids is 1. The molecule has 0 radical (unpaired) electrons. The minimum Gasteiger partial charge on any atom is -0.477 e. The van der Waals surface area contributed by atoms with Crippen LogP contribution in [0.4, 0.5) is 11.4 Å². The second-order valence-corrected chi connectivity index (χ2v) is 8.13. The zero-order valence-electron chi connectivity index (χ0n) is 16.2. The zero-order valence-corrected chi connectivity index (χ0v) is 17.7. The highest BCUT2D eigenvalue weighted by Gasteiger charge is 2.38. The molecular weight excluding hydrogens is 440 g/mol. The zero-order chi connectivity index (χ0) is 22.3. The van der Waals surface area contributed by atoms with Gasteiger partial charge in [0, 0.05) is 18.3 Å². The van der Waals surface area contributed by atoms with Gasteiger partial charge in [-0.1, -0.05) is 29.8 Å². The van der Waals surface area contributed by atoms with Crippen molar-refractivity contribution in [3.8, 4) is 0 Å². The van der Waals surface area contributed by atoms with E-state index in [2.05, 4.69) is 0 Å². The number of nitrogens with zero attached hydrogens (tertiary/aromatic N) is 2. The number of thiophene rings is 1. The third-order valence-electron chi connectivity index (χ3n) is 4.95. The number of benzene rings is 2. The second-order valence-electron chi connectivity index (χ2n) is 6.85. The number of hydrogen-bond donors (Lipinski definition) is 1. The van der Waals surface area contributed by atoms with E-state index in [4.69, 9.17) is 11.6 Å². The molecule has 31 heavy (non-hydrogen) atoms. The number of fused-ring (bicyclic) bond motifs is 1. The normalized spacial score (nSPS) is 13.2. The van der Waals surface area contributed by atoms with E-state index < -0.39 is 17.8 Å². The van der Waals surface area contributed by atoms with E-state index in [1.807, 2.05) is 6.07 Å². The topological polar surface area (TPSA) is 95.0 Å². The second kappa shape index (κ2) is 7.98. The molecule has 3 aromatic rings. The van der Waals surface area contributed by atoms with Crippen LogP contribution in [0.2, 0.25) is 5.02 Å². The molecule has 9 heteroatoms. The molecule has 1 aromatic heterocycles. The number of amides is 3. The Morgan fingerprint density at radius 1 is 1.13 bits per heavy atom. The summed E-state index contributed by atoms with van der Waals surface area (Å²) in [5.41, 5.74) is 1.29. The minimum atomic E-state index is -1.24. The third-order valence-corrected chi connectivity index (χ3v) is 6.29. The van der Waals surface area contributed by atoms with Gasteiger partial charge in [0.2, 0.25) is 5.91 Å². The Kier molecular flexibility index (Phi) is 5.34. The SMILES string of the molecule is CN(C(=O)c1ccc(Cl)c(N2C(=O)Cc3csc(C(=O)O)c3C2=O)c1)c1ccccc1. The van der Waals surface area contributed by atoms with E-state index in [9.17, 15) is 24.3 Å². The Balaban J connectivity index is 1.74. The lowest BCUT2D eigenvalue weighted by atomic mass is 10.00. The van der Waals surface area contributed by atoms with Crippen LogP contribution in [0.3, 0.4) is 0 Å². The van der Waals surface area contributed by atoms with Crippen molar-refractivity contribution in [2.75, 3.05) is 16.8 Å².